The fraction of sp³-hybridized carbons (Fsp3) is 0.231. The first kappa shape index (κ1) is 11.5. The monoisotopic (exact) mass is 230 g/mol. The second-order valence-corrected chi connectivity index (χ2v) is 3.50. The third-order valence-electron chi connectivity index (χ3n) is 2.38. The van der Waals surface area contributed by atoms with Crippen LogP contribution in [-0.2, 0) is 0 Å². The number of benzene rings is 1. The van der Waals surface area contributed by atoms with Crippen molar-refractivity contribution >= 4 is 0 Å². The predicted octanol–water partition coefficient (Wildman–Crippen LogP) is 1.96. The van der Waals surface area contributed by atoms with E-state index < -0.39 is 6.10 Å². The van der Waals surface area contributed by atoms with Crippen LogP contribution in [0.2, 0.25) is 0 Å². The molecule has 0 aliphatic rings. The SMILES string of the molecule is CCOc1ccccc1C(O)c1cnccn1. The number of aliphatic hydroxyl groups excluding tert-OH is 1. The molecule has 17 heavy (non-hydrogen) atoms. The Morgan fingerprint density at radius 1 is 1.29 bits per heavy atom. The van der Waals surface area contributed by atoms with Crippen LogP contribution < -0.4 is 4.74 Å². The molecule has 0 aliphatic carbocycles. The molecule has 0 radical (unpaired) electrons. The van der Waals surface area contributed by atoms with Crippen LogP contribution in [0.15, 0.2) is 42.9 Å². The molecule has 1 aromatic heterocycles. The van der Waals surface area contributed by atoms with Crippen molar-refractivity contribution in [2.24, 2.45) is 0 Å². The topological polar surface area (TPSA) is 55.2 Å². The first-order valence-corrected chi connectivity index (χ1v) is 5.48. The first-order valence-electron chi connectivity index (χ1n) is 5.48. The highest BCUT2D eigenvalue weighted by molar-refractivity contribution is 5.38. The molecule has 0 bridgehead atoms. The Hall–Kier alpha value is -1.94. The molecule has 2 aromatic rings. The molecule has 1 heterocycles. The van der Waals surface area contributed by atoms with Crippen LogP contribution in [0, 0.1) is 0 Å². The average molecular weight is 230 g/mol. The van der Waals surface area contributed by atoms with E-state index in [0.29, 0.717) is 23.6 Å². The summed E-state index contributed by atoms with van der Waals surface area (Å²) in [7, 11) is 0. The van der Waals surface area contributed by atoms with Crippen molar-refractivity contribution in [3.05, 3.63) is 54.1 Å². The second kappa shape index (κ2) is 5.41. The Kier molecular flexibility index (Phi) is 3.67. The number of hydrogen-bond donors (Lipinski definition) is 1. The van der Waals surface area contributed by atoms with Gasteiger partial charge in [-0.15, -0.1) is 0 Å². The van der Waals surface area contributed by atoms with E-state index in [1.807, 2.05) is 31.2 Å². The van der Waals surface area contributed by atoms with E-state index in [1.54, 1.807) is 18.6 Å². The van der Waals surface area contributed by atoms with Gasteiger partial charge in [0.1, 0.15) is 11.9 Å². The van der Waals surface area contributed by atoms with Crippen LogP contribution in [0.25, 0.3) is 0 Å². The minimum absolute atomic E-state index is 0.514. The van der Waals surface area contributed by atoms with Crippen LogP contribution in [0.5, 0.6) is 5.75 Å². The maximum atomic E-state index is 10.2. The summed E-state index contributed by atoms with van der Waals surface area (Å²) in [6.45, 7) is 2.47. The van der Waals surface area contributed by atoms with E-state index in [1.165, 1.54) is 0 Å². The van der Waals surface area contributed by atoms with Gasteiger partial charge in [0.2, 0.25) is 0 Å². The molecule has 4 heteroatoms. The number of para-hydroxylation sites is 1. The molecule has 0 aliphatic heterocycles. The molecule has 88 valence electrons. The Morgan fingerprint density at radius 2 is 2.12 bits per heavy atom. The standard InChI is InChI=1S/C13H14N2O2/c1-2-17-12-6-4-3-5-10(12)13(16)11-9-14-7-8-15-11/h3-9,13,16H,2H2,1H3. The van der Waals surface area contributed by atoms with Crippen LogP contribution in [0.4, 0.5) is 0 Å². The quantitative estimate of drug-likeness (QED) is 0.872. The zero-order chi connectivity index (χ0) is 12.1. The van der Waals surface area contributed by atoms with E-state index in [4.69, 9.17) is 4.74 Å². The summed E-state index contributed by atoms with van der Waals surface area (Å²) < 4.78 is 5.47. The number of ether oxygens (including phenoxy) is 1. The smallest absolute Gasteiger partial charge is 0.126 e. The third-order valence-corrected chi connectivity index (χ3v) is 2.38. The van der Waals surface area contributed by atoms with Gasteiger partial charge < -0.3 is 9.84 Å². The molecule has 1 atom stereocenters. The van der Waals surface area contributed by atoms with Gasteiger partial charge in [0.25, 0.3) is 0 Å². The lowest BCUT2D eigenvalue weighted by atomic mass is 10.1. The summed E-state index contributed by atoms with van der Waals surface area (Å²) in [5, 5.41) is 10.2. The lowest BCUT2D eigenvalue weighted by molar-refractivity contribution is 0.207. The molecule has 0 amide bonds. The van der Waals surface area contributed by atoms with Crippen LogP contribution in [0.1, 0.15) is 24.3 Å². The van der Waals surface area contributed by atoms with Crippen LogP contribution in [-0.4, -0.2) is 21.7 Å². The van der Waals surface area contributed by atoms with Crippen molar-refractivity contribution < 1.29 is 9.84 Å². The van der Waals surface area contributed by atoms with Crippen LogP contribution in [0.3, 0.4) is 0 Å². The number of rotatable bonds is 4. The fourth-order valence-corrected chi connectivity index (χ4v) is 1.60. The molecule has 0 fully saturated rings. The zero-order valence-corrected chi connectivity index (χ0v) is 9.58. The summed E-state index contributed by atoms with van der Waals surface area (Å²) in [6.07, 6.45) is 3.87. The Balaban J connectivity index is 2.33. The number of aliphatic hydroxyl groups is 1. The first-order chi connectivity index (χ1) is 8.33. The van der Waals surface area contributed by atoms with Crippen molar-refractivity contribution in [2.75, 3.05) is 6.61 Å². The molecule has 4 nitrogen and oxygen atoms in total. The Morgan fingerprint density at radius 3 is 2.82 bits per heavy atom. The van der Waals surface area contributed by atoms with Gasteiger partial charge in [-0.2, -0.15) is 0 Å². The lowest BCUT2D eigenvalue weighted by Crippen LogP contribution is -2.05. The van der Waals surface area contributed by atoms with Gasteiger partial charge in [-0.1, -0.05) is 18.2 Å². The molecule has 2 rings (SSSR count). The van der Waals surface area contributed by atoms with E-state index >= 15 is 0 Å². The largest absolute Gasteiger partial charge is 0.493 e. The van der Waals surface area contributed by atoms with E-state index in [-0.39, 0.29) is 0 Å². The average Bonchev–Trinajstić information content (AvgIpc) is 2.40. The molecule has 0 saturated heterocycles. The highest BCUT2D eigenvalue weighted by atomic mass is 16.5. The van der Waals surface area contributed by atoms with Crippen molar-refractivity contribution in [1.82, 2.24) is 9.97 Å². The van der Waals surface area contributed by atoms with Gasteiger partial charge in [0, 0.05) is 18.0 Å². The number of aromatic nitrogens is 2. The highest BCUT2D eigenvalue weighted by Crippen LogP contribution is 2.28. The highest BCUT2D eigenvalue weighted by Gasteiger charge is 2.16. The fourth-order valence-electron chi connectivity index (χ4n) is 1.60. The minimum Gasteiger partial charge on any atom is -0.493 e. The van der Waals surface area contributed by atoms with Crippen molar-refractivity contribution in [3.63, 3.8) is 0 Å². The molecular weight excluding hydrogens is 216 g/mol. The Bertz CT molecular complexity index is 474. The third kappa shape index (κ3) is 2.60. The summed E-state index contributed by atoms with van der Waals surface area (Å²) >= 11 is 0. The predicted molar refractivity (Wildman–Crippen MR) is 63.7 cm³/mol. The van der Waals surface area contributed by atoms with Crippen molar-refractivity contribution in [2.45, 2.75) is 13.0 Å². The van der Waals surface area contributed by atoms with Gasteiger partial charge in [0.15, 0.2) is 0 Å². The van der Waals surface area contributed by atoms with Gasteiger partial charge in [-0.3, -0.25) is 9.97 Å². The molecule has 1 aromatic carbocycles. The second-order valence-electron chi connectivity index (χ2n) is 3.50. The van der Waals surface area contributed by atoms with Crippen molar-refractivity contribution in [3.8, 4) is 5.75 Å². The van der Waals surface area contributed by atoms with Gasteiger partial charge in [-0.25, -0.2) is 0 Å². The summed E-state index contributed by atoms with van der Waals surface area (Å²) in [5.41, 5.74) is 1.22. The van der Waals surface area contributed by atoms with Gasteiger partial charge in [-0.05, 0) is 13.0 Å². The lowest BCUT2D eigenvalue weighted by Gasteiger charge is -2.14. The zero-order valence-electron chi connectivity index (χ0n) is 9.58. The molecule has 1 N–H and O–H groups in total. The molecule has 0 saturated carbocycles. The summed E-state index contributed by atoms with van der Waals surface area (Å²) in [4.78, 5) is 8.03. The van der Waals surface area contributed by atoms with E-state index in [2.05, 4.69) is 9.97 Å². The Labute approximate surface area is 99.9 Å². The number of nitrogens with zero attached hydrogens (tertiary/aromatic N) is 2. The van der Waals surface area contributed by atoms with Gasteiger partial charge >= 0.3 is 0 Å². The number of hydrogen-bond acceptors (Lipinski definition) is 4. The maximum Gasteiger partial charge on any atom is 0.126 e. The molecule has 0 spiro atoms. The van der Waals surface area contributed by atoms with Crippen LogP contribution >= 0.6 is 0 Å². The van der Waals surface area contributed by atoms with Gasteiger partial charge in [0.05, 0.1) is 18.5 Å². The molecular formula is C13H14N2O2. The molecule has 1 unspecified atom stereocenters. The minimum atomic E-state index is -0.813. The normalized spacial score (nSPS) is 12.1. The van der Waals surface area contributed by atoms with Crippen molar-refractivity contribution in [1.29, 1.82) is 0 Å². The maximum absolute atomic E-state index is 10.2. The van der Waals surface area contributed by atoms with E-state index in [9.17, 15) is 5.11 Å². The summed E-state index contributed by atoms with van der Waals surface area (Å²) in [6, 6.07) is 7.39. The van der Waals surface area contributed by atoms with E-state index in [0.717, 1.165) is 0 Å². The summed E-state index contributed by atoms with van der Waals surface area (Å²) in [5.74, 6) is 0.674.